The molecule has 2 aromatic rings. The molecule has 1 unspecified atom stereocenters. The van der Waals surface area contributed by atoms with E-state index in [1.54, 1.807) is 0 Å². The Bertz CT molecular complexity index is 673. The first-order chi connectivity index (χ1) is 13.7. The maximum absolute atomic E-state index is 13.2. The van der Waals surface area contributed by atoms with Gasteiger partial charge in [0.05, 0.1) is 27.2 Å². The zero-order chi connectivity index (χ0) is 21.3. The number of hydrogen-bond acceptors (Lipinski definition) is 3. The predicted octanol–water partition coefficient (Wildman–Crippen LogP) is 5.08. The molecule has 0 N–H and O–H groups in total. The van der Waals surface area contributed by atoms with E-state index in [9.17, 15) is 8.78 Å². The summed E-state index contributed by atoms with van der Waals surface area (Å²) < 4.78 is 45.1. The minimum atomic E-state index is -1.04. The molecule has 0 aliphatic heterocycles. The number of hydrogen-bond donors (Lipinski definition) is 0. The molecule has 4 nitrogen and oxygen atoms in total. The number of quaternary nitrogens is 1. The average Bonchev–Trinajstić information content (AvgIpc) is 2.64. The van der Waals surface area contributed by atoms with Crippen molar-refractivity contribution in [3.05, 3.63) is 60.2 Å². The van der Waals surface area contributed by atoms with Crippen molar-refractivity contribution >= 4 is 7.32 Å². The number of halogens is 2. The van der Waals surface area contributed by atoms with Gasteiger partial charge in [-0.15, -0.1) is 0 Å². The second-order valence-electron chi connectivity index (χ2n) is 8.16. The molecule has 0 aromatic heterocycles. The maximum atomic E-state index is 13.2. The molecule has 0 aliphatic rings. The first kappa shape index (κ1) is 23.2. The van der Waals surface area contributed by atoms with Crippen LogP contribution in [-0.4, -0.2) is 45.6 Å². The van der Waals surface area contributed by atoms with Gasteiger partial charge in [0.15, 0.2) is 0 Å². The second kappa shape index (κ2) is 11.2. The number of benzene rings is 2. The third-order valence-electron chi connectivity index (χ3n) is 4.28. The third kappa shape index (κ3) is 9.28. The van der Waals surface area contributed by atoms with Gasteiger partial charge < -0.3 is 18.4 Å². The van der Waals surface area contributed by atoms with Crippen molar-refractivity contribution in [2.24, 2.45) is 0 Å². The summed E-state index contributed by atoms with van der Waals surface area (Å²) in [6, 6.07) is 11.3. The predicted molar refractivity (Wildman–Crippen MR) is 112 cm³/mol. The molecule has 0 radical (unpaired) electrons. The SMILES string of the molecule is CCCCCC(C[N+](C)(C)C)OB(Oc1ccc(F)cc1)Oc1ccc(F)cc1. The maximum Gasteiger partial charge on any atom is 0.788 e. The summed E-state index contributed by atoms with van der Waals surface area (Å²) in [5.74, 6) is 0.153. The number of unbranched alkanes of at least 4 members (excludes halogenated alkanes) is 2. The third-order valence-corrected chi connectivity index (χ3v) is 4.28. The van der Waals surface area contributed by atoms with Crippen molar-refractivity contribution in [1.29, 1.82) is 0 Å². The summed E-state index contributed by atoms with van der Waals surface area (Å²) in [6.07, 6.45) is 4.07. The molecule has 0 heterocycles. The molecule has 1 atom stereocenters. The lowest BCUT2D eigenvalue weighted by molar-refractivity contribution is -0.873. The summed E-state index contributed by atoms with van der Waals surface area (Å²) in [5.41, 5.74) is 0. The van der Waals surface area contributed by atoms with E-state index in [1.165, 1.54) is 48.5 Å². The molecule has 158 valence electrons. The van der Waals surface area contributed by atoms with Crippen molar-refractivity contribution < 1.29 is 27.2 Å². The van der Waals surface area contributed by atoms with Crippen molar-refractivity contribution in [3.63, 3.8) is 0 Å². The van der Waals surface area contributed by atoms with Gasteiger partial charge in [-0.05, 0) is 55.0 Å². The second-order valence-corrected chi connectivity index (χ2v) is 8.16. The Labute approximate surface area is 173 Å². The first-order valence-electron chi connectivity index (χ1n) is 10.1. The van der Waals surface area contributed by atoms with Crippen LogP contribution in [-0.2, 0) is 4.65 Å². The van der Waals surface area contributed by atoms with Gasteiger partial charge >= 0.3 is 7.32 Å². The summed E-state index contributed by atoms with van der Waals surface area (Å²) in [6.45, 7) is 2.94. The summed E-state index contributed by atoms with van der Waals surface area (Å²) >= 11 is 0. The average molecular weight is 406 g/mol. The van der Waals surface area contributed by atoms with Gasteiger partial charge in [-0.3, -0.25) is 0 Å². The highest BCUT2D eigenvalue weighted by Crippen LogP contribution is 2.19. The molecule has 2 aromatic carbocycles. The highest BCUT2D eigenvalue weighted by atomic mass is 19.1. The van der Waals surface area contributed by atoms with Gasteiger partial charge in [-0.25, -0.2) is 8.78 Å². The van der Waals surface area contributed by atoms with Gasteiger partial charge in [0, 0.05) is 0 Å². The monoisotopic (exact) mass is 406 g/mol. The lowest BCUT2D eigenvalue weighted by Gasteiger charge is -2.30. The van der Waals surface area contributed by atoms with Crippen LogP contribution in [0.2, 0.25) is 0 Å². The van der Waals surface area contributed by atoms with Crippen LogP contribution in [0, 0.1) is 11.6 Å². The van der Waals surface area contributed by atoms with Gasteiger partial charge in [-0.1, -0.05) is 26.2 Å². The Morgan fingerprint density at radius 3 is 1.72 bits per heavy atom. The van der Waals surface area contributed by atoms with Crippen molar-refractivity contribution in [1.82, 2.24) is 0 Å². The van der Waals surface area contributed by atoms with Gasteiger partial charge in [0.2, 0.25) is 0 Å². The lowest BCUT2D eigenvalue weighted by atomic mass is 10.1. The molecule has 0 spiro atoms. The van der Waals surface area contributed by atoms with E-state index in [0.29, 0.717) is 11.5 Å². The van der Waals surface area contributed by atoms with Crippen LogP contribution in [0.15, 0.2) is 48.5 Å². The van der Waals surface area contributed by atoms with Crippen LogP contribution in [0.1, 0.15) is 32.6 Å². The number of likely N-dealkylation sites (N-methyl/N-ethyl adjacent to an activating group) is 1. The molecular formula is C22H31BF2NO3+. The van der Waals surface area contributed by atoms with Crippen LogP contribution in [0.4, 0.5) is 8.78 Å². The van der Waals surface area contributed by atoms with E-state index >= 15 is 0 Å². The first-order valence-corrected chi connectivity index (χ1v) is 10.1. The van der Waals surface area contributed by atoms with E-state index < -0.39 is 7.32 Å². The Hall–Kier alpha value is -2.12. The molecule has 0 bridgehead atoms. The highest BCUT2D eigenvalue weighted by molar-refractivity contribution is 6.38. The molecular weight excluding hydrogens is 375 g/mol. The zero-order valence-corrected chi connectivity index (χ0v) is 17.7. The Balaban J connectivity index is 2.15. The van der Waals surface area contributed by atoms with Gasteiger partial charge in [0.1, 0.15) is 29.7 Å². The normalized spacial score (nSPS) is 12.5. The van der Waals surface area contributed by atoms with E-state index in [0.717, 1.165) is 36.7 Å². The lowest BCUT2D eigenvalue weighted by Crippen LogP contribution is -2.46. The minimum Gasteiger partial charge on any atom is -0.501 e. The fourth-order valence-corrected chi connectivity index (χ4v) is 2.92. The number of rotatable bonds is 12. The molecule has 7 heteroatoms. The molecule has 0 fully saturated rings. The Morgan fingerprint density at radius 2 is 1.31 bits per heavy atom. The van der Waals surface area contributed by atoms with Crippen LogP contribution in [0.5, 0.6) is 11.5 Å². The fraction of sp³-hybridized carbons (Fsp3) is 0.455. The summed E-state index contributed by atoms with van der Waals surface area (Å²) in [7, 11) is 5.27. The van der Waals surface area contributed by atoms with Crippen molar-refractivity contribution in [2.45, 2.75) is 38.7 Å². The topological polar surface area (TPSA) is 27.7 Å². The Morgan fingerprint density at radius 1 is 0.828 bits per heavy atom. The molecule has 0 saturated carbocycles. The standard InChI is InChI=1S/C22H31BF2NO3/c1-5-6-7-8-22(17-26(2,3)4)29-23(27-20-13-9-18(24)10-14-20)28-21-15-11-19(25)12-16-21/h9-16,22H,5-8,17H2,1-4H3/q+1. The van der Waals surface area contributed by atoms with E-state index in [4.69, 9.17) is 14.0 Å². The van der Waals surface area contributed by atoms with E-state index in [-0.39, 0.29) is 17.7 Å². The summed E-state index contributed by atoms with van der Waals surface area (Å²) in [5, 5.41) is 0. The Kier molecular flexibility index (Phi) is 8.92. The van der Waals surface area contributed by atoms with Crippen molar-refractivity contribution in [3.8, 4) is 11.5 Å². The molecule has 29 heavy (non-hydrogen) atoms. The number of nitrogens with zero attached hydrogens (tertiary/aromatic N) is 1. The van der Waals surface area contributed by atoms with Crippen LogP contribution in [0.3, 0.4) is 0 Å². The van der Waals surface area contributed by atoms with E-state index in [2.05, 4.69) is 28.1 Å². The van der Waals surface area contributed by atoms with Gasteiger partial charge in [0.25, 0.3) is 0 Å². The molecule has 0 aliphatic carbocycles. The highest BCUT2D eigenvalue weighted by Gasteiger charge is 2.33. The quantitative estimate of drug-likeness (QED) is 0.280. The van der Waals surface area contributed by atoms with Crippen LogP contribution < -0.4 is 9.31 Å². The van der Waals surface area contributed by atoms with Crippen LogP contribution >= 0.6 is 0 Å². The van der Waals surface area contributed by atoms with Gasteiger partial charge in [-0.2, -0.15) is 0 Å². The largest absolute Gasteiger partial charge is 0.788 e. The fourth-order valence-electron chi connectivity index (χ4n) is 2.92. The van der Waals surface area contributed by atoms with Crippen LogP contribution in [0.25, 0.3) is 0 Å². The summed E-state index contributed by atoms with van der Waals surface area (Å²) in [4.78, 5) is 0. The smallest absolute Gasteiger partial charge is 0.501 e. The minimum absolute atomic E-state index is 0.0903. The molecule has 0 saturated heterocycles. The van der Waals surface area contributed by atoms with E-state index in [1.807, 2.05) is 0 Å². The molecule has 2 rings (SSSR count). The molecule has 0 amide bonds. The van der Waals surface area contributed by atoms with Crippen molar-refractivity contribution in [2.75, 3.05) is 27.7 Å². The zero-order valence-electron chi connectivity index (χ0n) is 17.7.